The van der Waals surface area contributed by atoms with Gasteiger partial charge < -0.3 is 10.6 Å². The van der Waals surface area contributed by atoms with E-state index in [0.717, 1.165) is 12.0 Å². The summed E-state index contributed by atoms with van der Waals surface area (Å²) in [5.74, 6) is 0.0451. The van der Waals surface area contributed by atoms with Gasteiger partial charge in [0.15, 0.2) is 0 Å². The van der Waals surface area contributed by atoms with Crippen molar-refractivity contribution in [2.75, 3.05) is 26.2 Å². The van der Waals surface area contributed by atoms with Crippen molar-refractivity contribution < 1.29 is 18.0 Å². The highest BCUT2D eigenvalue weighted by atomic mass is 35.5. The SMILES string of the molecule is CC[C@H](NC(=O)NC[C@H]1CCN(CC(F)(F)F)C1)c1ccc(Cl)cc1. The van der Waals surface area contributed by atoms with Crippen LogP contribution in [0.25, 0.3) is 0 Å². The number of halogens is 4. The maximum absolute atomic E-state index is 12.4. The van der Waals surface area contributed by atoms with Gasteiger partial charge in [-0.05, 0) is 43.0 Å². The Bertz CT molecular complexity index is 565. The molecule has 1 aromatic rings. The van der Waals surface area contributed by atoms with Gasteiger partial charge >= 0.3 is 12.2 Å². The fourth-order valence-corrected chi connectivity index (χ4v) is 3.17. The summed E-state index contributed by atoms with van der Waals surface area (Å²) in [6.45, 7) is 2.22. The normalized spacial score (nSPS) is 19.6. The van der Waals surface area contributed by atoms with Crippen LogP contribution in [-0.4, -0.2) is 43.3 Å². The van der Waals surface area contributed by atoms with Crippen LogP contribution in [0, 0.1) is 5.92 Å². The minimum Gasteiger partial charge on any atom is -0.338 e. The Balaban J connectivity index is 1.75. The lowest BCUT2D eigenvalue weighted by molar-refractivity contribution is -0.143. The van der Waals surface area contributed by atoms with Gasteiger partial charge in [-0.3, -0.25) is 4.90 Å². The molecule has 25 heavy (non-hydrogen) atoms. The molecule has 0 bridgehead atoms. The van der Waals surface area contributed by atoms with E-state index >= 15 is 0 Å². The smallest absolute Gasteiger partial charge is 0.338 e. The molecule has 0 unspecified atom stereocenters. The quantitative estimate of drug-likeness (QED) is 0.787. The van der Waals surface area contributed by atoms with Crippen molar-refractivity contribution in [2.24, 2.45) is 5.92 Å². The number of nitrogens with one attached hydrogen (secondary N) is 2. The summed E-state index contributed by atoms with van der Waals surface area (Å²) >= 11 is 5.87. The Morgan fingerprint density at radius 3 is 2.64 bits per heavy atom. The van der Waals surface area contributed by atoms with Crippen molar-refractivity contribution in [1.82, 2.24) is 15.5 Å². The molecule has 1 aromatic carbocycles. The monoisotopic (exact) mass is 377 g/mol. The third-order valence-electron chi connectivity index (χ3n) is 4.31. The fraction of sp³-hybridized carbons (Fsp3) is 0.588. The van der Waals surface area contributed by atoms with Crippen molar-refractivity contribution >= 4 is 17.6 Å². The van der Waals surface area contributed by atoms with Gasteiger partial charge in [-0.25, -0.2) is 4.79 Å². The molecule has 0 spiro atoms. The minimum absolute atomic E-state index is 0.0451. The fourth-order valence-electron chi connectivity index (χ4n) is 3.04. The van der Waals surface area contributed by atoms with E-state index in [9.17, 15) is 18.0 Å². The second-order valence-corrected chi connectivity index (χ2v) is 6.81. The molecule has 2 rings (SSSR count). The topological polar surface area (TPSA) is 44.4 Å². The van der Waals surface area contributed by atoms with Gasteiger partial charge in [-0.2, -0.15) is 13.2 Å². The molecule has 1 fully saturated rings. The van der Waals surface area contributed by atoms with Gasteiger partial charge in [0.1, 0.15) is 0 Å². The van der Waals surface area contributed by atoms with E-state index in [0.29, 0.717) is 31.1 Å². The Morgan fingerprint density at radius 1 is 1.36 bits per heavy atom. The zero-order valence-electron chi connectivity index (χ0n) is 14.1. The number of hydrogen-bond donors (Lipinski definition) is 2. The Labute approximate surface area is 150 Å². The summed E-state index contributed by atoms with van der Waals surface area (Å²) in [5, 5.41) is 6.29. The third kappa shape index (κ3) is 6.74. The second kappa shape index (κ2) is 8.76. The number of rotatable bonds is 6. The van der Waals surface area contributed by atoms with E-state index in [-0.39, 0.29) is 18.0 Å². The standard InChI is InChI=1S/C17H23ClF3N3O/c1-2-15(13-3-5-14(18)6-4-13)23-16(25)22-9-12-7-8-24(10-12)11-17(19,20)21/h3-6,12,15H,2,7-11H2,1H3,(H2,22,23,25)/t12-,15+/m1/s1. The Morgan fingerprint density at radius 2 is 2.04 bits per heavy atom. The van der Waals surface area contributed by atoms with Crippen LogP contribution >= 0.6 is 11.6 Å². The number of alkyl halides is 3. The zero-order chi connectivity index (χ0) is 18.4. The average Bonchev–Trinajstić information content (AvgIpc) is 2.97. The van der Waals surface area contributed by atoms with E-state index in [1.165, 1.54) is 4.90 Å². The van der Waals surface area contributed by atoms with Crippen molar-refractivity contribution in [2.45, 2.75) is 32.0 Å². The highest BCUT2D eigenvalue weighted by molar-refractivity contribution is 6.30. The van der Waals surface area contributed by atoms with Crippen molar-refractivity contribution in [3.63, 3.8) is 0 Å². The highest BCUT2D eigenvalue weighted by Crippen LogP contribution is 2.22. The van der Waals surface area contributed by atoms with Gasteiger partial charge in [-0.15, -0.1) is 0 Å². The molecule has 4 nitrogen and oxygen atoms in total. The van der Waals surface area contributed by atoms with E-state index in [2.05, 4.69) is 10.6 Å². The molecule has 0 radical (unpaired) electrons. The zero-order valence-corrected chi connectivity index (χ0v) is 14.8. The summed E-state index contributed by atoms with van der Waals surface area (Å²) < 4.78 is 37.2. The van der Waals surface area contributed by atoms with Crippen LogP contribution in [0.3, 0.4) is 0 Å². The first-order valence-electron chi connectivity index (χ1n) is 8.35. The van der Waals surface area contributed by atoms with Crippen molar-refractivity contribution in [1.29, 1.82) is 0 Å². The molecule has 1 aliphatic heterocycles. The second-order valence-electron chi connectivity index (χ2n) is 6.37. The molecule has 0 saturated carbocycles. The van der Waals surface area contributed by atoms with Gasteiger partial charge in [0, 0.05) is 18.1 Å². The number of carbonyl (C=O) groups is 1. The van der Waals surface area contributed by atoms with Gasteiger partial charge in [-0.1, -0.05) is 30.7 Å². The number of hydrogen-bond acceptors (Lipinski definition) is 2. The molecule has 1 saturated heterocycles. The summed E-state index contributed by atoms with van der Waals surface area (Å²) in [5.41, 5.74) is 0.958. The predicted octanol–water partition coefficient (Wildman–Crippen LogP) is 3.97. The number of nitrogens with zero attached hydrogens (tertiary/aromatic N) is 1. The molecular weight excluding hydrogens is 355 g/mol. The molecule has 1 heterocycles. The van der Waals surface area contributed by atoms with Crippen LogP contribution in [0.4, 0.5) is 18.0 Å². The molecule has 2 N–H and O–H groups in total. The first-order valence-corrected chi connectivity index (χ1v) is 8.73. The van der Waals surface area contributed by atoms with E-state index < -0.39 is 12.7 Å². The van der Waals surface area contributed by atoms with Crippen LogP contribution in [0.5, 0.6) is 0 Å². The number of amides is 2. The summed E-state index contributed by atoms with van der Waals surface area (Å²) in [6.07, 6.45) is -2.80. The van der Waals surface area contributed by atoms with E-state index in [1.54, 1.807) is 12.1 Å². The first-order chi connectivity index (χ1) is 11.8. The lowest BCUT2D eigenvalue weighted by Gasteiger charge is -2.20. The van der Waals surface area contributed by atoms with Gasteiger partial charge in [0.25, 0.3) is 0 Å². The van der Waals surface area contributed by atoms with Gasteiger partial charge in [0.2, 0.25) is 0 Å². The lowest BCUT2D eigenvalue weighted by Crippen LogP contribution is -2.40. The molecule has 2 atom stereocenters. The maximum Gasteiger partial charge on any atom is 0.401 e. The Kier molecular flexibility index (Phi) is 6.95. The molecule has 2 amide bonds. The minimum atomic E-state index is -4.17. The summed E-state index contributed by atoms with van der Waals surface area (Å²) in [6, 6.07) is 6.82. The van der Waals surface area contributed by atoms with Crippen LogP contribution in [0.2, 0.25) is 5.02 Å². The highest BCUT2D eigenvalue weighted by Gasteiger charge is 2.34. The number of likely N-dealkylation sites (tertiary alicyclic amines) is 1. The van der Waals surface area contributed by atoms with Crippen LogP contribution in [-0.2, 0) is 0 Å². The van der Waals surface area contributed by atoms with Gasteiger partial charge in [0.05, 0.1) is 12.6 Å². The molecule has 0 aromatic heterocycles. The first kappa shape index (κ1) is 19.8. The molecule has 0 aliphatic carbocycles. The Hall–Kier alpha value is -1.47. The molecular formula is C17H23ClF3N3O. The lowest BCUT2D eigenvalue weighted by atomic mass is 10.1. The number of urea groups is 1. The predicted molar refractivity (Wildman–Crippen MR) is 91.6 cm³/mol. The maximum atomic E-state index is 12.4. The van der Waals surface area contributed by atoms with Crippen LogP contribution in [0.1, 0.15) is 31.4 Å². The molecule has 140 valence electrons. The van der Waals surface area contributed by atoms with Crippen molar-refractivity contribution in [3.05, 3.63) is 34.9 Å². The van der Waals surface area contributed by atoms with Crippen molar-refractivity contribution in [3.8, 4) is 0 Å². The summed E-state index contributed by atoms with van der Waals surface area (Å²) in [7, 11) is 0. The van der Waals surface area contributed by atoms with E-state index in [4.69, 9.17) is 11.6 Å². The van der Waals surface area contributed by atoms with Crippen LogP contribution < -0.4 is 10.6 Å². The molecule has 8 heteroatoms. The third-order valence-corrected chi connectivity index (χ3v) is 4.56. The van der Waals surface area contributed by atoms with E-state index in [1.807, 2.05) is 19.1 Å². The largest absolute Gasteiger partial charge is 0.401 e. The summed E-state index contributed by atoms with van der Waals surface area (Å²) in [4.78, 5) is 13.5. The van der Waals surface area contributed by atoms with Crippen LogP contribution in [0.15, 0.2) is 24.3 Å². The molecule has 1 aliphatic rings. The number of carbonyl (C=O) groups excluding carboxylic acids is 1. The average molecular weight is 378 g/mol. The number of benzene rings is 1.